The first-order chi connectivity index (χ1) is 17.8. The van der Waals surface area contributed by atoms with E-state index < -0.39 is 0 Å². The molecular weight excluding hydrogens is 558 g/mol. The first-order valence-corrected chi connectivity index (χ1v) is 17.7. The second-order valence-corrected chi connectivity index (χ2v) is 15.2. The molecular formula is C34H41Cl2PTi. The number of fused-ring (bicyclic) bond motifs is 4. The van der Waals surface area contributed by atoms with Gasteiger partial charge in [0, 0.05) is 0 Å². The molecule has 0 N–H and O–H groups in total. The van der Waals surface area contributed by atoms with Gasteiger partial charge in [-0.05, 0) is 0 Å². The maximum atomic E-state index is 2.66. The maximum absolute atomic E-state index is 2.66. The molecule has 2 aliphatic rings. The van der Waals surface area contributed by atoms with Crippen LogP contribution in [0.1, 0.15) is 91.7 Å². The second kappa shape index (κ2) is 15.8. The fourth-order valence-corrected chi connectivity index (χ4v) is 12.3. The minimum absolute atomic E-state index is 0. The molecule has 0 nitrogen and oxygen atoms in total. The molecule has 0 aromatic heterocycles. The average molecular weight is 599 g/mol. The predicted octanol–water partition coefficient (Wildman–Crippen LogP) is 3.71. The molecule has 3 aromatic carbocycles. The van der Waals surface area contributed by atoms with Crippen molar-refractivity contribution in [1.82, 2.24) is 0 Å². The quantitative estimate of drug-likeness (QED) is 0.125. The smallest absolute Gasteiger partial charge is 1.00 e. The number of allylic oxidation sites excluding steroid dienone is 1. The van der Waals surface area contributed by atoms with E-state index in [0.29, 0.717) is 4.22 Å². The first kappa shape index (κ1) is 31.6. The van der Waals surface area contributed by atoms with Gasteiger partial charge >= 0.3 is 231 Å². The van der Waals surface area contributed by atoms with E-state index in [0.717, 1.165) is 6.42 Å². The Balaban J connectivity index is 0.00000200. The summed E-state index contributed by atoms with van der Waals surface area (Å²) < 4.78 is 2.38. The van der Waals surface area contributed by atoms with Crippen molar-refractivity contribution in [2.45, 2.75) is 75.9 Å². The third-order valence-electron chi connectivity index (χ3n) is 7.99. The Morgan fingerprint density at radius 2 is 1.37 bits per heavy atom. The molecule has 0 amide bonds. The van der Waals surface area contributed by atoms with E-state index in [-0.39, 0.29) is 51.9 Å². The SMILES string of the molecule is CCCCCCP(CCCCCC)C1=Cc2ccccc2[CH]1[Ti+2][c]1cccc2c1Cc1ccccc1-2.[Cl-].[Cl-]. The van der Waals surface area contributed by atoms with Crippen molar-refractivity contribution in [3.63, 3.8) is 0 Å². The van der Waals surface area contributed by atoms with Crippen LogP contribution in [0, 0.1) is 0 Å². The minimum atomic E-state index is -0.324. The summed E-state index contributed by atoms with van der Waals surface area (Å²) in [6.45, 7) is 4.67. The van der Waals surface area contributed by atoms with Crippen LogP contribution in [-0.2, 0) is 25.6 Å². The minimum Gasteiger partial charge on any atom is -1.00 e. The molecule has 0 saturated carbocycles. The Labute approximate surface area is 254 Å². The van der Waals surface area contributed by atoms with Gasteiger partial charge in [0.1, 0.15) is 0 Å². The summed E-state index contributed by atoms with van der Waals surface area (Å²) in [6.07, 6.45) is 17.8. The van der Waals surface area contributed by atoms with Crippen molar-refractivity contribution in [2.24, 2.45) is 0 Å². The first-order valence-electron chi connectivity index (χ1n) is 14.3. The van der Waals surface area contributed by atoms with E-state index >= 15 is 0 Å². The van der Waals surface area contributed by atoms with Gasteiger partial charge in [-0.2, -0.15) is 0 Å². The van der Waals surface area contributed by atoms with Gasteiger partial charge in [-0.15, -0.1) is 0 Å². The molecule has 200 valence electrons. The Morgan fingerprint density at radius 1 is 0.711 bits per heavy atom. The van der Waals surface area contributed by atoms with Gasteiger partial charge in [0.25, 0.3) is 0 Å². The average Bonchev–Trinajstić information content (AvgIpc) is 3.47. The van der Waals surface area contributed by atoms with Crippen molar-refractivity contribution in [3.8, 4) is 11.1 Å². The van der Waals surface area contributed by atoms with Gasteiger partial charge in [-0.3, -0.25) is 0 Å². The third kappa shape index (κ3) is 7.25. The van der Waals surface area contributed by atoms with Crippen LogP contribution in [0.4, 0.5) is 0 Å². The molecule has 0 heterocycles. The van der Waals surface area contributed by atoms with Gasteiger partial charge in [-0.1, -0.05) is 0 Å². The molecule has 0 radical (unpaired) electrons. The number of rotatable bonds is 13. The molecule has 0 saturated heterocycles. The molecule has 3 aromatic rings. The fourth-order valence-electron chi connectivity index (χ4n) is 6.01. The van der Waals surface area contributed by atoms with Crippen molar-refractivity contribution in [2.75, 3.05) is 12.3 Å². The molecule has 1 unspecified atom stereocenters. The van der Waals surface area contributed by atoms with Gasteiger partial charge in [0.2, 0.25) is 0 Å². The van der Waals surface area contributed by atoms with E-state index in [1.165, 1.54) is 85.9 Å². The Kier molecular flexibility index (Phi) is 13.2. The summed E-state index contributed by atoms with van der Waals surface area (Å²) in [6, 6.07) is 25.6. The molecule has 0 fully saturated rings. The molecule has 4 heteroatoms. The number of benzene rings is 3. The van der Waals surface area contributed by atoms with Crippen LogP contribution < -0.4 is 28.7 Å². The summed E-state index contributed by atoms with van der Waals surface area (Å²) >= 11 is -0.324. The molecule has 2 aliphatic carbocycles. The molecule has 0 bridgehead atoms. The molecule has 1 atom stereocenters. The molecule has 0 spiro atoms. The summed E-state index contributed by atoms with van der Waals surface area (Å²) in [5, 5.41) is 1.85. The molecule has 38 heavy (non-hydrogen) atoms. The van der Waals surface area contributed by atoms with Gasteiger partial charge < -0.3 is 24.8 Å². The van der Waals surface area contributed by atoms with E-state index in [2.05, 4.69) is 86.7 Å². The van der Waals surface area contributed by atoms with E-state index in [4.69, 9.17) is 0 Å². The van der Waals surface area contributed by atoms with E-state index in [1.807, 2.05) is 5.31 Å². The van der Waals surface area contributed by atoms with E-state index in [1.54, 1.807) is 15.0 Å². The van der Waals surface area contributed by atoms with Crippen LogP contribution in [0.2, 0.25) is 0 Å². The number of unbranched alkanes of at least 4 members (excludes halogenated alkanes) is 6. The van der Waals surface area contributed by atoms with Gasteiger partial charge in [0.15, 0.2) is 0 Å². The summed E-state index contributed by atoms with van der Waals surface area (Å²) in [7, 11) is -0.0370. The Hall–Kier alpha value is -0.876. The van der Waals surface area contributed by atoms with Crippen LogP contribution >= 0.6 is 7.92 Å². The van der Waals surface area contributed by atoms with Crippen LogP contribution in [-0.4, -0.2) is 12.3 Å². The normalized spacial score (nSPS) is 14.6. The second-order valence-electron chi connectivity index (χ2n) is 10.5. The summed E-state index contributed by atoms with van der Waals surface area (Å²) in [5.41, 5.74) is 9.28. The zero-order chi connectivity index (χ0) is 24.7. The monoisotopic (exact) mass is 598 g/mol. The van der Waals surface area contributed by atoms with Crippen LogP contribution in [0.25, 0.3) is 17.2 Å². The summed E-state index contributed by atoms with van der Waals surface area (Å²) in [4.78, 5) is 0. The standard InChI is InChI=1S/C21H32P.C13H9.2ClH.Ti/c1-3-5-7-11-15-22(16-12-8-6-4-2)21-17-19-13-9-10-14-20(19)18-21;1-3-7-12-10(5-1)9-11-6-2-4-8-13(11)12;;;/h9-10,13-14,17-18H,3-8,11-12,15-16H2,1-2H3;1-5,7-8H,9H2;2*1H;/q;;;;+2/p-2. The zero-order valence-corrected chi connectivity index (χ0v) is 27.0. The van der Waals surface area contributed by atoms with Crippen LogP contribution in [0.3, 0.4) is 0 Å². The topological polar surface area (TPSA) is 0 Å². The van der Waals surface area contributed by atoms with Crippen molar-refractivity contribution in [1.29, 1.82) is 0 Å². The van der Waals surface area contributed by atoms with Gasteiger partial charge in [-0.25, -0.2) is 0 Å². The predicted molar refractivity (Wildman–Crippen MR) is 156 cm³/mol. The van der Waals surface area contributed by atoms with Gasteiger partial charge in [0.05, 0.1) is 0 Å². The largest absolute Gasteiger partial charge is 1.00 e. The van der Waals surface area contributed by atoms with Crippen molar-refractivity contribution >= 4 is 17.9 Å². The van der Waals surface area contributed by atoms with Crippen molar-refractivity contribution < 1.29 is 44.0 Å². The number of hydrogen-bond donors (Lipinski definition) is 0. The zero-order valence-electron chi connectivity index (χ0n) is 23.0. The number of hydrogen-bond acceptors (Lipinski definition) is 0. The maximum Gasteiger partial charge on any atom is -1.00 e. The molecule has 5 rings (SSSR count). The van der Waals surface area contributed by atoms with Crippen LogP contribution in [0.5, 0.6) is 0 Å². The van der Waals surface area contributed by atoms with Crippen molar-refractivity contribution in [3.05, 3.63) is 94.3 Å². The summed E-state index contributed by atoms with van der Waals surface area (Å²) in [5.74, 6) is 0. The molecule has 0 aliphatic heterocycles. The van der Waals surface area contributed by atoms with E-state index in [9.17, 15) is 0 Å². The third-order valence-corrected chi connectivity index (χ3v) is 13.8. The Morgan fingerprint density at radius 3 is 2.11 bits per heavy atom. The van der Waals surface area contributed by atoms with Crippen LogP contribution in [0.15, 0.2) is 72.0 Å². The fraction of sp³-hybridized carbons (Fsp3) is 0.412. The Bertz CT molecular complexity index is 1190. The number of halogens is 2.